The molecule has 0 unspecified atom stereocenters. The number of benzene rings is 1. The lowest BCUT2D eigenvalue weighted by atomic mass is 9.99. The molecule has 1 aromatic carbocycles. The van der Waals surface area contributed by atoms with E-state index in [9.17, 15) is 13.2 Å². The van der Waals surface area contributed by atoms with Crippen LogP contribution in [0.1, 0.15) is 43.2 Å². The number of carbonyl (C=O) groups is 1. The number of carbonyl (C=O) groups excluding carboxylic acids is 1. The minimum absolute atomic E-state index is 0.143. The van der Waals surface area contributed by atoms with Crippen molar-refractivity contribution in [3.8, 4) is 0 Å². The molecule has 2 aliphatic heterocycles. The summed E-state index contributed by atoms with van der Waals surface area (Å²) >= 11 is 0. The maximum atomic E-state index is 12.6. The molecule has 0 spiro atoms. The molecule has 1 N–H and O–H groups in total. The molecule has 4 rings (SSSR count). The van der Waals surface area contributed by atoms with Crippen LogP contribution in [0, 0.1) is 5.92 Å². The normalized spacial score (nSPS) is 23.1. The molecule has 0 radical (unpaired) electrons. The van der Waals surface area contributed by atoms with Gasteiger partial charge in [0, 0.05) is 32.2 Å². The van der Waals surface area contributed by atoms with Crippen LogP contribution in [0.5, 0.6) is 0 Å². The van der Waals surface area contributed by atoms with Gasteiger partial charge in [0.1, 0.15) is 0 Å². The lowest BCUT2D eigenvalue weighted by Crippen LogP contribution is -2.37. The van der Waals surface area contributed by atoms with Crippen LogP contribution in [0.15, 0.2) is 23.1 Å². The van der Waals surface area contributed by atoms with Crippen LogP contribution in [-0.4, -0.2) is 45.0 Å². The number of hydrogen-bond acceptors (Lipinski definition) is 4. The van der Waals surface area contributed by atoms with Crippen molar-refractivity contribution in [3.05, 3.63) is 29.3 Å². The number of amides is 1. The SMILES string of the molecule is O=C(CCC1CC1)N1CCc2cc(S(=O)(=O)N[C@@H]3CCOC3)ccc2C1. The van der Waals surface area contributed by atoms with Crippen LogP contribution in [0.4, 0.5) is 0 Å². The van der Waals surface area contributed by atoms with E-state index in [0.717, 1.165) is 23.5 Å². The highest BCUT2D eigenvalue weighted by Gasteiger charge is 2.27. The van der Waals surface area contributed by atoms with Gasteiger partial charge in [0.05, 0.1) is 11.5 Å². The molecule has 1 amide bonds. The van der Waals surface area contributed by atoms with Gasteiger partial charge in [-0.1, -0.05) is 18.9 Å². The molecule has 1 saturated carbocycles. The molecule has 1 atom stereocenters. The van der Waals surface area contributed by atoms with Gasteiger partial charge < -0.3 is 9.64 Å². The van der Waals surface area contributed by atoms with Gasteiger partial charge in [-0.15, -0.1) is 0 Å². The number of ether oxygens (including phenoxy) is 1. The van der Waals surface area contributed by atoms with Crippen molar-refractivity contribution in [2.45, 2.75) is 56.0 Å². The van der Waals surface area contributed by atoms with Gasteiger partial charge in [0.15, 0.2) is 0 Å². The Kier molecular flexibility index (Phi) is 5.03. The van der Waals surface area contributed by atoms with Crippen molar-refractivity contribution in [2.75, 3.05) is 19.8 Å². The van der Waals surface area contributed by atoms with Crippen molar-refractivity contribution in [2.24, 2.45) is 5.92 Å². The van der Waals surface area contributed by atoms with Crippen molar-refractivity contribution < 1.29 is 17.9 Å². The summed E-state index contributed by atoms with van der Waals surface area (Å²) in [6.07, 6.45) is 5.61. The first kappa shape index (κ1) is 17.9. The zero-order valence-electron chi connectivity index (χ0n) is 14.9. The molecule has 2 heterocycles. The number of fused-ring (bicyclic) bond motifs is 1. The quantitative estimate of drug-likeness (QED) is 0.819. The largest absolute Gasteiger partial charge is 0.380 e. The van der Waals surface area contributed by atoms with Crippen LogP contribution in [0.25, 0.3) is 0 Å². The zero-order chi connectivity index (χ0) is 18.1. The third-order valence-corrected chi connectivity index (χ3v) is 7.09. The Morgan fingerprint density at radius 3 is 2.81 bits per heavy atom. The second kappa shape index (κ2) is 7.29. The van der Waals surface area contributed by atoms with E-state index in [1.807, 2.05) is 11.0 Å². The van der Waals surface area contributed by atoms with Crippen molar-refractivity contribution in [1.29, 1.82) is 0 Å². The topological polar surface area (TPSA) is 75.7 Å². The average molecular weight is 378 g/mol. The van der Waals surface area contributed by atoms with E-state index in [1.54, 1.807) is 12.1 Å². The van der Waals surface area contributed by atoms with Gasteiger partial charge in [-0.2, -0.15) is 0 Å². The van der Waals surface area contributed by atoms with E-state index in [1.165, 1.54) is 12.8 Å². The Morgan fingerprint density at radius 1 is 1.23 bits per heavy atom. The molecule has 7 heteroatoms. The van der Waals surface area contributed by atoms with Gasteiger partial charge in [-0.25, -0.2) is 13.1 Å². The highest BCUT2D eigenvalue weighted by molar-refractivity contribution is 7.89. The second-order valence-electron chi connectivity index (χ2n) is 7.66. The highest BCUT2D eigenvalue weighted by Crippen LogP contribution is 2.34. The van der Waals surface area contributed by atoms with Crippen LogP contribution in [0.2, 0.25) is 0 Å². The number of nitrogens with zero attached hydrogens (tertiary/aromatic N) is 1. The van der Waals surface area contributed by atoms with Crippen molar-refractivity contribution in [3.63, 3.8) is 0 Å². The summed E-state index contributed by atoms with van der Waals surface area (Å²) in [6.45, 7) is 2.29. The minimum atomic E-state index is -3.53. The van der Waals surface area contributed by atoms with Gasteiger partial charge in [0.25, 0.3) is 0 Å². The Hall–Kier alpha value is -1.44. The van der Waals surface area contributed by atoms with E-state index in [2.05, 4.69) is 4.72 Å². The first-order chi connectivity index (χ1) is 12.5. The molecule has 6 nitrogen and oxygen atoms in total. The average Bonchev–Trinajstić information content (AvgIpc) is 3.34. The fourth-order valence-corrected chi connectivity index (χ4v) is 5.02. The first-order valence-corrected chi connectivity index (χ1v) is 11.0. The zero-order valence-corrected chi connectivity index (χ0v) is 15.8. The van der Waals surface area contributed by atoms with E-state index >= 15 is 0 Å². The summed E-state index contributed by atoms with van der Waals surface area (Å²) in [6, 6.07) is 5.12. The summed E-state index contributed by atoms with van der Waals surface area (Å²) in [5.41, 5.74) is 2.08. The molecule has 1 aromatic rings. The first-order valence-electron chi connectivity index (χ1n) is 9.51. The Balaban J connectivity index is 1.42. The van der Waals surface area contributed by atoms with E-state index in [4.69, 9.17) is 4.74 Å². The third-order valence-electron chi connectivity index (χ3n) is 5.57. The number of nitrogens with one attached hydrogen (secondary N) is 1. The lowest BCUT2D eigenvalue weighted by Gasteiger charge is -2.29. The van der Waals surface area contributed by atoms with Crippen LogP contribution in [-0.2, 0) is 32.5 Å². The maximum Gasteiger partial charge on any atom is 0.240 e. The summed E-state index contributed by atoms with van der Waals surface area (Å²) < 4.78 is 33.1. The maximum absolute atomic E-state index is 12.6. The van der Waals surface area contributed by atoms with E-state index in [0.29, 0.717) is 50.5 Å². The van der Waals surface area contributed by atoms with Gasteiger partial charge in [-0.3, -0.25) is 4.79 Å². The van der Waals surface area contributed by atoms with Gasteiger partial charge in [-0.05, 0) is 48.4 Å². The Morgan fingerprint density at radius 2 is 2.08 bits per heavy atom. The van der Waals surface area contributed by atoms with Crippen LogP contribution < -0.4 is 4.72 Å². The molecular weight excluding hydrogens is 352 g/mol. The number of rotatable bonds is 6. The number of hydrogen-bond donors (Lipinski definition) is 1. The van der Waals surface area contributed by atoms with Crippen LogP contribution in [0.3, 0.4) is 0 Å². The van der Waals surface area contributed by atoms with E-state index in [-0.39, 0.29) is 11.9 Å². The molecule has 1 saturated heterocycles. The fourth-order valence-electron chi connectivity index (χ4n) is 3.72. The predicted molar refractivity (Wildman–Crippen MR) is 97.1 cm³/mol. The molecule has 0 aromatic heterocycles. The lowest BCUT2D eigenvalue weighted by molar-refractivity contribution is -0.132. The molecule has 142 valence electrons. The molecule has 26 heavy (non-hydrogen) atoms. The van der Waals surface area contributed by atoms with Gasteiger partial charge in [0.2, 0.25) is 15.9 Å². The fraction of sp³-hybridized carbons (Fsp3) is 0.632. The van der Waals surface area contributed by atoms with Gasteiger partial charge >= 0.3 is 0 Å². The number of sulfonamides is 1. The highest BCUT2D eigenvalue weighted by atomic mass is 32.2. The predicted octanol–water partition coefficient (Wildman–Crippen LogP) is 1.83. The van der Waals surface area contributed by atoms with Crippen molar-refractivity contribution >= 4 is 15.9 Å². The standard InChI is InChI=1S/C19H26N2O4S/c22-19(6-3-14-1-2-14)21-9-7-15-11-18(5-4-16(15)12-21)26(23,24)20-17-8-10-25-13-17/h4-5,11,14,17,20H,1-3,6-10,12-13H2/t17-/m1/s1. The Bertz CT molecular complexity index is 783. The summed E-state index contributed by atoms with van der Waals surface area (Å²) in [5.74, 6) is 0.990. The molecule has 2 fully saturated rings. The monoisotopic (exact) mass is 378 g/mol. The molecule has 1 aliphatic carbocycles. The summed E-state index contributed by atoms with van der Waals surface area (Å²) in [5, 5.41) is 0. The van der Waals surface area contributed by atoms with E-state index < -0.39 is 10.0 Å². The second-order valence-corrected chi connectivity index (χ2v) is 9.37. The Labute approximate surface area is 155 Å². The summed E-state index contributed by atoms with van der Waals surface area (Å²) in [7, 11) is -3.53. The molecule has 0 bridgehead atoms. The minimum Gasteiger partial charge on any atom is -0.380 e. The third kappa shape index (κ3) is 4.10. The summed E-state index contributed by atoms with van der Waals surface area (Å²) in [4.78, 5) is 14.6. The van der Waals surface area contributed by atoms with Crippen LogP contribution >= 0.6 is 0 Å². The molecular formula is C19H26N2O4S. The smallest absolute Gasteiger partial charge is 0.240 e. The van der Waals surface area contributed by atoms with Crippen molar-refractivity contribution in [1.82, 2.24) is 9.62 Å². The molecule has 3 aliphatic rings.